The molecule has 0 aliphatic carbocycles. The first-order valence-corrected chi connectivity index (χ1v) is 8.25. The van der Waals surface area contributed by atoms with E-state index in [1.807, 2.05) is 43.0 Å². The van der Waals surface area contributed by atoms with Gasteiger partial charge in [-0.3, -0.25) is 9.69 Å². The maximum atomic E-state index is 12.4. The van der Waals surface area contributed by atoms with Crippen LogP contribution in [0.4, 0.5) is 0 Å². The predicted octanol–water partition coefficient (Wildman–Crippen LogP) is 3.46. The molecule has 1 aromatic rings. The molecule has 98 valence electrons. The van der Waals surface area contributed by atoms with Gasteiger partial charge in [0, 0.05) is 22.3 Å². The number of nitrogens with zero attached hydrogens (tertiary/aromatic N) is 1. The molecule has 1 fully saturated rings. The van der Waals surface area contributed by atoms with Crippen LogP contribution < -0.4 is 0 Å². The molecular formula is C14H18BrNOS. The van der Waals surface area contributed by atoms with Gasteiger partial charge in [-0.15, -0.1) is 0 Å². The van der Waals surface area contributed by atoms with Crippen LogP contribution in [-0.2, 0) is 0 Å². The summed E-state index contributed by atoms with van der Waals surface area (Å²) >= 11 is 5.38. The minimum Gasteiger partial charge on any atom is -0.293 e. The van der Waals surface area contributed by atoms with Crippen LogP contribution in [0.15, 0.2) is 28.7 Å². The number of rotatable bonds is 3. The van der Waals surface area contributed by atoms with Crippen molar-refractivity contribution in [1.82, 2.24) is 4.90 Å². The van der Waals surface area contributed by atoms with E-state index in [9.17, 15) is 4.79 Å². The number of hydrogen-bond donors (Lipinski definition) is 0. The molecule has 0 aromatic heterocycles. The average Bonchev–Trinajstić information content (AvgIpc) is 2.67. The Morgan fingerprint density at radius 1 is 1.28 bits per heavy atom. The molecule has 0 N–H and O–H groups in total. The second kappa shape index (κ2) is 6.73. The molecule has 1 atom stereocenters. The van der Waals surface area contributed by atoms with Crippen molar-refractivity contribution in [2.24, 2.45) is 0 Å². The molecule has 2 nitrogen and oxygen atoms in total. The Morgan fingerprint density at radius 2 is 2.00 bits per heavy atom. The van der Waals surface area contributed by atoms with Gasteiger partial charge >= 0.3 is 0 Å². The van der Waals surface area contributed by atoms with E-state index in [4.69, 9.17) is 0 Å². The first-order valence-electron chi connectivity index (χ1n) is 6.30. The monoisotopic (exact) mass is 327 g/mol. The van der Waals surface area contributed by atoms with Crippen molar-refractivity contribution in [3.8, 4) is 0 Å². The summed E-state index contributed by atoms with van der Waals surface area (Å²) in [5.41, 5.74) is 0.808. The van der Waals surface area contributed by atoms with E-state index >= 15 is 0 Å². The molecule has 0 bridgehead atoms. The summed E-state index contributed by atoms with van der Waals surface area (Å²) in [7, 11) is 0. The van der Waals surface area contributed by atoms with Crippen LogP contribution in [0.2, 0.25) is 0 Å². The summed E-state index contributed by atoms with van der Waals surface area (Å²) in [4.78, 5) is 14.7. The van der Waals surface area contributed by atoms with Gasteiger partial charge in [-0.05, 0) is 37.8 Å². The van der Waals surface area contributed by atoms with Gasteiger partial charge in [-0.2, -0.15) is 11.8 Å². The largest absolute Gasteiger partial charge is 0.293 e. The highest BCUT2D eigenvalue weighted by atomic mass is 79.9. The summed E-state index contributed by atoms with van der Waals surface area (Å²) < 4.78 is 1.01. The highest BCUT2D eigenvalue weighted by Gasteiger charge is 2.23. The van der Waals surface area contributed by atoms with E-state index in [0.29, 0.717) is 0 Å². The summed E-state index contributed by atoms with van der Waals surface area (Å²) in [5, 5.41) is 0. The third-order valence-electron chi connectivity index (χ3n) is 3.31. The number of thioether (sulfide) groups is 1. The van der Waals surface area contributed by atoms with E-state index in [-0.39, 0.29) is 11.8 Å². The van der Waals surface area contributed by atoms with Gasteiger partial charge in [-0.1, -0.05) is 28.1 Å². The molecule has 1 aliphatic heterocycles. The molecule has 18 heavy (non-hydrogen) atoms. The first kappa shape index (κ1) is 14.1. The second-order valence-corrected chi connectivity index (χ2v) is 6.69. The number of carbonyl (C=O) groups excluding carboxylic acids is 1. The van der Waals surface area contributed by atoms with Crippen LogP contribution in [0.1, 0.15) is 23.7 Å². The van der Waals surface area contributed by atoms with Crippen LogP contribution in [-0.4, -0.2) is 41.3 Å². The highest BCUT2D eigenvalue weighted by molar-refractivity contribution is 9.10. The molecule has 2 rings (SSSR count). The van der Waals surface area contributed by atoms with Gasteiger partial charge < -0.3 is 0 Å². The SMILES string of the molecule is CC(C(=O)c1ccc(Br)cc1)N1CCCSCC1. The van der Waals surface area contributed by atoms with E-state index in [1.54, 1.807) is 0 Å². The Kier molecular flexibility index (Phi) is 5.27. The Bertz CT molecular complexity index is 399. The zero-order valence-electron chi connectivity index (χ0n) is 10.6. The van der Waals surface area contributed by atoms with Gasteiger partial charge in [0.25, 0.3) is 0 Å². The van der Waals surface area contributed by atoms with Crippen molar-refractivity contribution in [3.05, 3.63) is 34.3 Å². The lowest BCUT2D eigenvalue weighted by Crippen LogP contribution is -2.40. The van der Waals surface area contributed by atoms with Gasteiger partial charge in [0.05, 0.1) is 6.04 Å². The van der Waals surface area contributed by atoms with E-state index < -0.39 is 0 Å². The topological polar surface area (TPSA) is 20.3 Å². The van der Waals surface area contributed by atoms with Crippen molar-refractivity contribution >= 4 is 33.5 Å². The fourth-order valence-electron chi connectivity index (χ4n) is 2.17. The average molecular weight is 328 g/mol. The van der Waals surface area contributed by atoms with Gasteiger partial charge in [-0.25, -0.2) is 0 Å². The van der Waals surface area contributed by atoms with Gasteiger partial charge in [0.2, 0.25) is 0 Å². The molecule has 1 saturated heterocycles. The molecule has 1 aliphatic rings. The summed E-state index contributed by atoms with van der Waals surface area (Å²) in [6.45, 7) is 4.09. The van der Waals surface area contributed by atoms with E-state index in [1.165, 1.54) is 12.2 Å². The van der Waals surface area contributed by atoms with Crippen LogP contribution in [0.5, 0.6) is 0 Å². The third kappa shape index (κ3) is 3.59. The summed E-state index contributed by atoms with van der Waals surface area (Å²) in [6, 6.07) is 7.64. The van der Waals surface area contributed by atoms with Crippen LogP contribution >= 0.6 is 27.7 Å². The third-order valence-corrected chi connectivity index (χ3v) is 4.89. The smallest absolute Gasteiger partial charge is 0.179 e. The molecule has 0 spiro atoms. The summed E-state index contributed by atoms with van der Waals surface area (Å²) in [5.74, 6) is 2.59. The Balaban J connectivity index is 2.05. The zero-order valence-corrected chi connectivity index (χ0v) is 13.0. The molecule has 1 unspecified atom stereocenters. The normalized spacial score (nSPS) is 19.2. The summed E-state index contributed by atoms with van der Waals surface area (Å²) in [6.07, 6.45) is 1.18. The second-order valence-electron chi connectivity index (χ2n) is 4.55. The fraction of sp³-hybridized carbons (Fsp3) is 0.500. The fourth-order valence-corrected chi connectivity index (χ4v) is 3.34. The predicted molar refractivity (Wildman–Crippen MR) is 81.4 cm³/mol. The van der Waals surface area contributed by atoms with Crippen molar-refractivity contribution in [2.75, 3.05) is 24.6 Å². The minimum atomic E-state index is -0.00937. The maximum Gasteiger partial charge on any atom is 0.179 e. The van der Waals surface area contributed by atoms with Crippen LogP contribution in [0.3, 0.4) is 0 Å². The van der Waals surface area contributed by atoms with E-state index in [2.05, 4.69) is 20.8 Å². The van der Waals surface area contributed by atoms with Crippen LogP contribution in [0, 0.1) is 0 Å². The number of hydrogen-bond acceptors (Lipinski definition) is 3. The zero-order chi connectivity index (χ0) is 13.0. The minimum absolute atomic E-state index is 0.00937. The van der Waals surface area contributed by atoms with Gasteiger partial charge in [0.1, 0.15) is 0 Å². The number of halogens is 1. The number of carbonyl (C=O) groups is 1. The maximum absolute atomic E-state index is 12.4. The number of ketones is 1. The first-order chi connectivity index (χ1) is 8.68. The quantitative estimate of drug-likeness (QED) is 0.793. The molecule has 0 radical (unpaired) electrons. The Hall–Kier alpha value is -0.320. The lowest BCUT2D eigenvalue weighted by Gasteiger charge is -2.26. The molecular weight excluding hydrogens is 310 g/mol. The molecule has 0 saturated carbocycles. The lowest BCUT2D eigenvalue weighted by molar-refractivity contribution is 0.0848. The number of Topliss-reactive ketones (excluding diaryl/α,β-unsaturated/α-hetero) is 1. The van der Waals surface area contributed by atoms with Crippen molar-refractivity contribution < 1.29 is 4.79 Å². The molecule has 0 amide bonds. The lowest BCUT2D eigenvalue weighted by atomic mass is 10.0. The van der Waals surface area contributed by atoms with Crippen molar-refractivity contribution in [3.63, 3.8) is 0 Å². The van der Waals surface area contributed by atoms with Crippen molar-refractivity contribution in [2.45, 2.75) is 19.4 Å². The van der Waals surface area contributed by atoms with Gasteiger partial charge in [0.15, 0.2) is 5.78 Å². The standard InChI is InChI=1S/C14H18BrNOS/c1-11(16-7-2-9-18-10-8-16)14(17)12-3-5-13(15)6-4-12/h3-6,11H,2,7-10H2,1H3. The van der Waals surface area contributed by atoms with E-state index in [0.717, 1.165) is 28.9 Å². The molecule has 1 heterocycles. The molecule has 4 heteroatoms. The Morgan fingerprint density at radius 3 is 2.72 bits per heavy atom. The Labute approximate surface area is 121 Å². The highest BCUT2D eigenvalue weighted by Crippen LogP contribution is 2.17. The van der Waals surface area contributed by atoms with Crippen LogP contribution in [0.25, 0.3) is 0 Å². The number of benzene rings is 1. The molecule has 1 aromatic carbocycles. The van der Waals surface area contributed by atoms with Crippen molar-refractivity contribution in [1.29, 1.82) is 0 Å².